The summed E-state index contributed by atoms with van der Waals surface area (Å²) in [6.07, 6.45) is 5.08. The van der Waals surface area contributed by atoms with E-state index in [1.165, 1.54) is 12.8 Å². The zero-order chi connectivity index (χ0) is 20.2. The summed E-state index contributed by atoms with van der Waals surface area (Å²) in [7, 11) is -1.83. The Balaban J connectivity index is 1.51. The molecule has 3 aliphatic rings. The maximum atomic E-state index is 13.0. The van der Waals surface area contributed by atoms with Crippen LogP contribution in [0.1, 0.15) is 51.5 Å². The van der Waals surface area contributed by atoms with E-state index >= 15 is 0 Å². The number of amides is 1. The van der Waals surface area contributed by atoms with Gasteiger partial charge in [-0.25, -0.2) is 13.1 Å². The molecule has 2 aliphatic heterocycles. The quantitative estimate of drug-likeness (QED) is 0.789. The molecular weight excluding hydrogens is 374 g/mol. The van der Waals surface area contributed by atoms with Crippen LogP contribution in [0, 0.1) is 5.41 Å². The molecule has 4 rings (SSSR count). The predicted molar refractivity (Wildman–Crippen MR) is 110 cm³/mol. The van der Waals surface area contributed by atoms with Crippen LogP contribution in [0.25, 0.3) is 0 Å². The lowest BCUT2D eigenvalue weighted by molar-refractivity contribution is -0.119. The molecule has 6 nitrogen and oxygen atoms in total. The largest absolute Gasteiger partial charge is 0.315 e. The summed E-state index contributed by atoms with van der Waals surface area (Å²) in [5.74, 6) is 0.0591. The fourth-order valence-electron chi connectivity index (χ4n) is 4.56. The van der Waals surface area contributed by atoms with Crippen LogP contribution in [-0.4, -0.2) is 52.5 Å². The Bertz CT molecular complexity index is 884. The van der Waals surface area contributed by atoms with Crippen LogP contribution in [-0.2, 0) is 20.2 Å². The summed E-state index contributed by atoms with van der Waals surface area (Å²) in [5.41, 5.74) is 1.44. The Hall–Kier alpha value is -1.44. The van der Waals surface area contributed by atoms with E-state index in [4.69, 9.17) is 0 Å². The van der Waals surface area contributed by atoms with Crippen molar-refractivity contribution < 1.29 is 13.2 Å². The standard InChI is InChI=1S/C21H31N3O3S/c1-20(2)13-19(25)23(3)18-7-6-16(12-17(18)20)28(26,27)22-14-21(8-9-21)15-24-10-4-5-11-24/h6-7,12,22H,4-5,8-11,13-15H2,1-3H3. The van der Waals surface area contributed by atoms with E-state index in [9.17, 15) is 13.2 Å². The first-order valence-electron chi connectivity index (χ1n) is 10.3. The van der Waals surface area contributed by atoms with Crippen LogP contribution in [0.3, 0.4) is 0 Å². The van der Waals surface area contributed by atoms with Crippen LogP contribution in [0.4, 0.5) is 5.69 Å². The van der Waals surface area contributed by atoms with E-state index < -0.39 is 10.0 Å². The molecule has 1 aromatic rings. The van der Waals surface area contributed by atoms with Crippen molar-refractivity contribution in [2.24, 2.45) is 5.41 Å². The summed E-state index contributed by atoms with van der Waals surface area (Å²) in [6.45, 7) is 7.78. The molecule has 2 heterocycles. The molecule has 154 valence electrons. The van der Waals surface area contributed by atoms with Crippen LogP contribution >= 0.6 is 0 Å². The number of carbonyl (C=O) groups is 1. The van der Waals surface area contributed by atoms with Crippen LogP contribution in [0.5, 0.6) is 0 Å². The second-order valence-electron chi connectivity index (χ2n) is 9.50. The van der Waals surface area contributed by atoms with Gasteiger partial charge in [0.15, 0.2) is 0 Å². The van der Waals surface area contributed by atoms with Gasteiger partial charge in [-0.2, -0.15) is 0 Å². The molecule has 1 aromatic carbocycles. The minimum Gasteiger partial charge on any atom is -0.315 e. The van der Waals surface area contributed by atoms with Gasteiger partial charge in [0.05, 0.1) is 4.90 Å². The molecule has 0 aromatic heterocycles. The third-order valence-electron chi connectivity index (χ3n) is 6.69. The Morgan fingerprint density at radius 1 is 1.14 bits per heavy atom. The minimum atomic E-state index is -3.57. The van der Waals surface area contributed by atoms with Gasteiger partial charge in [-0.15, -0.1) is 0 Å². The number of nitrogens with zero attached hydrogens (tertiary/aromatic N) is 2. The number of hydrogen-bond acceptors (Lipinski definition) is 4. The second-order valence-corrected chi connectivity index (χ2v) is 11.3. The highest BCUT2D eigenvalue weighted by atomic mass is 32.2. The van der Waals surface area contributed by atoms with Gasteiger partial charge in [0.2, 0.25) is 15.9 Å². The third kappa shape index (κ3) is 3.72. The number of likely N-dealkylation sites (tertiary alicyclic amines) is 1. The average molecular weight is 406 g/mol. The van der Waals surface area contributed by atoms with Crippen molar-refractivity contribution in [1.82, 2.24) is 9.62 Å². The summed E-state index contributed by atoms with van der Waals surface area (Å²) < 4.78 is 28.8. The number of nitrogens with one attached hydrogen (secondary N) is 1. The molecule has 7 heteroatoms. The minimum absolute atomic E-state index is 0.0591. The van der Waals surface area contributed by atoms with E-state index in [1.54, 1.807) is 30.1 Å². The SMILES string of the molecule is CN1C(=O)CC(C)(C)c2cc(S(=O)(=O)NCC3(CN4CCCC4)CC3)ccc21. The van der Waals surface area contributed by atoms with Gasteiger partial charge in [-0.05, 0) is 68.0 Å². The molecule has 0 atom stereocenters. The number of fused-ring (bicyclic) bond motifs is 1. The van der Waals surface area contributed by atoms with Gasteiger partial charge in [0.25, 0.3) is 0 Å². The molecule has 0 spiro atoms. The fourth-order valence-corrected chi connectivity index (χ4v) is 5.74. The van der Waals surface area contributed by atoms with Crippen molar-refractivity contribution in [2.45, 2.75) is 56.3 Å². The Kier molecular flexibility index (Phi) is 4.83. The summed E-state index contributed by atoms with van der Waals surface area (Å²) in [6, 6.07) is 5.13. The Morgan fingerprint density at radius 3 is 2.46 bits per heavy atom. The summed E-state index contributed by atoms with van der Waals surface area (Å²) in [4.78, 5) is 16.6. The van der Waals surface area contributed by atoms with Crippen molar-refractivity contribution in [3.8, 4) is 0 Å². The van der Waals surface area contributed by atoms with Crippen LogP contribution < -0.4 is 9.62 Å². The van der Waals surface area contributed by atoms with Gasteiger partial charge < -0.3 is 9.80 Å². The zero-order valence-electron chi connectivity index (χ0n) is 17.1. The number of sulfonamides is 1. The lowest BCUT2D eigenvalue weighted by Crippen LogP contribution is -2.40. The van der Waals surface area contributed by atoms with Crippen molar-refractivity contribution in [2.75, 3.05) is 38.1 Å². The number of anilines is 1. The summed E-state index contributed by atoms with van der Waals surface area (Å²) in [5, 5.41) is 0. The van der Waals surface area contributed by atoms with Crippen molar-refractivity contribution in [1.29, 1.82) is 0 Å². The molecule has 1 aliphatic carbocycles. The van der Waals surface area contributed by atoms with Crippen LogP contribution in [0.2, 0.25) is 0 Å². The predicted octanol–water partition coefficient (Wildman–Crippen LogP) is 2.49. The van der Waals surface area contributed by atoms with Crippen LogP contribution in [0.15, 0.2) is 23.1 Å². The smallest absolute Gasteiger partial charge is 0.240 e. The molecule has 1 amide bonds. The van der Waals surface area contributed by atoms with Crippen molar-refractivity contribution in [3.63, 3.8) is 0 Å². The maximum absolute atomic E-state index is 13.0. The lowest BCUT2D eigenvalue weighted by atomic mass is 9.77. The molecule has 0 bridgehead atoms. The number of rotatable bonds is 6. The highest BCUT2D eigenvalue weighted by molar-refractivity contribution is 7.89. The highest BCUT2D eigenvalue weighted by Crippen LogP contribution is 2.46. The normalized spacial score (nSPS) is 23.7. The Labute approximate surface area is 168 Å². The van der Waals surface area contributed by atoms with Gasteiger partial charge in [0.1, 0.15) is 0 Å². The topological polar surface area (TPSA) is 69.7 Å². The molecule has 1 N–H and O–H groups in total. The fraction of sp³-hybridized carbons (Fsp3) is 0.667. The maximum Gasteiger partial charge on any atom is 0.240 e. The van der Waals surface area contributed by atoms with E-state index in [0.717, 1.165) is 43.7 Å². The first-order valence-corrected chi connectivity index (χ1v) is 11.7. The zero-order valence-corrected chi connectivity index (χ0v) is 17.9. The number of benzene rings is 1. The van der Waals surface area contributed by atoms with Gasteiger partial charge in [0, 0.05) is 37.7 Å². The molecule has 28 heavy (non-hydrogen) atoms. The molecule has 0 radical (unpaired) electrons. The third-order valence-corrected chi connectivity index (χ3v) is 8.09. The van der Waals surface area contributed by atoms with Gasteiger partial charge in [-0.1, -0.05) is 13.8 Å². The van der Waals surface area contributed by atoms with Gasteiger partial charge in [-0.3, -0.25) is 4.79 Å². The highest BCUT2D eigenvalue weighted by Gasteiger charge is 2.45. The van der Waals surface area contributed by atoms with E-state index in [2.05, 4.69) is 9.62 Å². The lowest BCUT2D eigenvalue weighted by Gasteiger charge is -2.37. The van der Waals surface area contributed by atoms with E-state index in [0.29, 0.717) is 17.9 Å². The molecule has 1 saturated heterocycles. The number of hydrogen-bond donors (Lipinski definition) is 1. The molecular formula is C21H31N3O3S. The first kappa shape index (κ1) is 19.9. The van der Waals surface area contributed by atoms with Crippen molar-refractivity contribution >= 4 is 21.6 Å². The Morgan fingerprint density at radius 2 is 1.82 bits per heavy atom. The van der Waals surface area contributed by atoms with Gasteiger partial charge >= 0.3 is 0 Å². The second kappa shape index (κ2) is 6.82. The monoisotopic (exact) mass is 405 g/mol. The van der Waals surface area contributed by atoms with Crippen molar-refractivity contribution in [3.05, 3.63) is 23.8 Å². The van der Waals surface area contributed by atoms with E-state index in [1.807, 2.05) is 13.8 Å². The number of carbonyl (C=O) groups excluding carboxylic acids is 1. The summed E-state index contributed by atoms with van der Waals surface area (Å²) >= 11 is 0. The average Bonchev–Trinajstić information content (AvgIpc) is 3.21. The van der Waals surface area contributed by atoms with E-state index in [-0.39, 0.29) is 16.7 Å². The molecule has 0 unspecified atom stereocenters. The molecule has 1 saturated carbocycles. The molecule has 2 fully saturated rings. The first-order chi connectivity index (χ1) is 13.1.